The van der Waals surface area contributed by atoms with E-state index in [0.29, 0.717) is 23.0 Å². The second-order valence-electron chi connectivity index (χ2n) is 19.1. The van der Waals surface area contributed by atoms with Crippen molar-refractivity contribution in [2.24, 2.45) is 0 Å². The second kappa shape index (κ2) is 28.1. The number of aromatic nitrogens is 10. The van der Waals surface area contributed by atoms with Gasteiger partial charge in [0.2, 0.25) is 5.78 Å². The van der Waals surface area contributed by atoms with Crippen LogP contribution in [0.25, 0.3) is 5.57 Å². The first-order valence-electron chi connectivity index (χ1n) is 25.3. The predicted octanol–water partition coefficient (Wildman–Crippen LogP) is 13.7. The van der Waals surface area contributed by atoms with Gasteiger partial charge >= 0.3 is 0 Å². The van der Waals surface area contributed by atoms with E-state index < -0.39 is 5.60 Å². The molecule has 0 saturated carbocycles. The minimum absolute atomic E-state index is 0.00583. The highest BCUT2D eigenvalue weighted by Crippen LogP contribution is 2.31. The molecule has 0 aliphatic rings. The Morgan fingerprint density at radius 1 is 0.519 bits per heavy atom. The Morgan fingerprint density at radius 2 is 0.961 bits per heavy atom. The molecule has 10 rings (SSSR count). The van der Waals surface area contributed by atoms with Gasteiger partial charge in [0.25, 0.3) is 0 Å². The van der Waals surface area contributed by atoms with Gasteiger partial charge in [-0.05, 0) is 167 Å². The molecule has 0 bridgehead atoms. The molecule has 0 aliphatic heterocycles. The van der Waals surface area contributed by atoms with Crippen molar-refractivity contribution in [1.29, 1.82) is 5.26 Å². The lowest BCUT2D eigenvalue weighted by Crippen LogP contribution is -2.24. The lowest BCUT2D eigenvalue weighted by molar-refractivity contribution is 0.0970. The van der Waals surface area contributed by atoms with Crippen LogP contribution in [-0.2, 0) is 5.60 Å². The van der Waals surface area contributed by atoms with Gasteiger partial charge in [0.05, 0.1) is 67.8 Å². The molecule has 1 unspecified atom stereocenters. The fourth-order valence-corrected chi connectivity index (χ4v) is 8.24. The van der Waals surface area contributed by atoms with Gasteiger partial charge in [-0.2, -0.15) is 5.26 Å². The number of aliphatic hydroxyl groups is 1. The van der Waals surface area contributed by atoms with Crippen LogP contribution in [0.15, 0.2) is 160 Å². The lowest BCUT2D eigenvalue weighted by Gasteiger charge is -2.25. The molecule has 0 fully saturated rings. The van der Waals surface area contributed by atoms with Gasteiger partial charge in [-0.25, -0.2) is 24.9 Å². The summed E-state index contributed by atoms with van der Waals surface area (Å²) in [6, 6.07) is 32.7. The van der Waals surface area contributed by atoms with E-state index in [1.165, 1.54) is 80.2 Å². The summed E-state index contributed by atoms with van der Waals surface area (Å²) in [5.74, 6) is 0.376. The molecule has 13 heteroatoms. The van der Waals surface area contributed by atoms with Crippen LogP contribution in [0.4, 0.5) is 0 Å². The Morgan fingerprint density at radius 3 is 1.45 bits per heavy atom. The van der Waals surface area contributed by atoms with E-state index in [-0.39, 0.29) is 5.78 Å². The number of nitrogens with one attached hydrogen (secondary N) is 5. The average Bonchev–Trinajstić information content (AvgIpc) is 4.30. The van der Waals surface area contributed by atoms with Gasteiger partial charge < -0.3 is 30.0 Å². The van der Waals surface area contributed by atoms with E-state index in [1.54, 1.807) is 44.5 Å². The fraction of sp³-hybridized carbons (Fsp3) is 0.234. The van der Waals surface area contributed by atoms with E-state index >= 15 is 0 Å². The number of ketones is 1. The van der Waals surface area contributed by atoms with Crippen LogP contribution in [-0.4, -0.2) is 60.7 Å². The number of carbonyl (C=O) groups excluding carboxylic acids is 1. The molecule has 77 heavy (non-hydrogen) atoms. The smallest absolute Gasteiger partial charge is 0.211 e. The van der Waals surface area contributed by atoms with Gasteiger partial charge in [-0.1, -0.05) is 104 Å². The van der Waals surface area contributed by atoms with Gasteiger partial charge in [0.15, 0.2) is 0 Å². The maximum atomic E-state index is 12.0. The normalized spacial score (nSPS) is 11.4. The summed E-state index contributed by atoms with van der Waals surface area (Å²) in [7, 11) is 0. The number of aromatic amines is 5. The number of nitriles is 1. The van der Waals surface area contributed by atoms with E-state index in [0.717, 1.165) is 39.1 Å². The average molecular weight is 1030 g/mol. The lowest BCUT2D eigenvalue weighted by atomic mass is 9.88. The molecule has 396 valence electrons. The van der Waals surface area contributed by atoms with Crippen molar-refractivity contribution in [2.75, 3.05) is 0 Å². The molecule has 10 aromatic rings. The molecule has 0 amide bonds. The Hall–Kier alpha value is -8.99. The number of benzene rings is 5. The molecule has 0 aliphatic carbocycles. The monoisotopic (exact) mass is 1030 g/mol. The maximum Gasteiger partial charge on any atom is 0.211 e. The standard InChI is InChI=1S/C13H16N2O.C13H16N2.C13H14N2.C12H12N2O.C9H12.C4H3N3/c1-9-5-4-6-11(10(9)2)13(3,16)12-7-14-8-15-12;2*1-9-5-4-6-12(10(9)2)11(3)13-7-14-8-15-13;1-8-4-3-5-10(9(8)2)12(15)11-6-13-7-14-11;1-7-5-4-6-8(2)9(7)3;5-1-4-2-6-3-7-4/h4-8,16H,1-3H3,(H,14,15);4-8,11H,1-3H3,(H,14,15);4-8H,3H2,1-2H3,(H,14,15);3-7H,1-2H3,(H,13,14);4-6H,1-3H3;2-3H,(H,6,7)/t;11-;;;;/m.0..../s1. The third-order valence-corrected chi connectivity index (χ3v) is 14.1. The number of nitrogens with zero attached hydrogens (tertiary/aromatic N) is 6. The van der Waals surface area contributed by atoms with E-state index in [4.69, 9.17) is 5.26 Å². The van der Waals surface area contributed by atoms with Crippen molar-refractivity contribution in [3.05, 3.63) is 272 Å². The molecule has 5 aromatic carbocycles. The highest BCUT2D eigenvalue weighted by Gasteiger charge is 2.29. The van der Waals surface area contributed by atoms with Gasteiger partial charge in [0.1, 0.15) is 23.1 Å². The Labute approximate surface area is 454 Å². The van der Waals surface area contributed by atoms with Crippen molar-refractivity contribution in [3.63, 3.8) is 0 Å². The molecular formula is C64H73N11O2. The minimum atomic E-state index is -1.02. The molecule has 5 aromatic heterocycles. The van der Waals surface area contributed by atoms with Crippen molar-refractivity contribution in [3.8, 4) is 6.07 Å². The van der Waals surface area contributed by atoms with Crippen LogP contribution in [0, 0.1) is 87.5 Å². The Balaban J connectivity index is 0.000000174. The summed E-state index contributed by atoms with van der Waals surface area (Å²) in [5, 5.41) is 18.7. The number of hydrogen-bond acceptors (Lipinski definition) is 8. The highest BCUT2D eigenvalue weighted by atomic mass is 16.3. The summed E-state index contributed by atoms with van der Waals surface area (Å²) >= 11 is 0. The number of carbonyl (C=O) groups is 1. The molecule has 6 N–H and O–H groups in total. The second-order valence-corrected chi connectivity index (χ2v) is 19.1. The predicted molar refractivity (Wildman–Crippen MR) is 310 cm³/mol. The van der Waals surface area contributed by atoms with Crippen LogP contribution in [0.2, 0.25) is 0 Å². The Kier molecular flexibility index (Phi) is 21.5. The summed E-state index contributed by atoms with van der Waals surface area (Å²) in [6.07, 6.45) is 16.3. The zero-order valence-corrected chi connectivity index (χ0v) is 46.8. The zero-order chi connectivity index (χ0) is 56.2. The number of H-pyrrole nitrogens is 5. The van der Waals surface area contributed by atoms with Crippen LogP contribution in [0.3, 0.4) is 0 Å². The van der Waals surface area contributed by atoms with E-state index in [2.05, 4.69) is 166 Å². The molecule has 0 saturated heterocycles. The molecular weight excluding hydrogens is 955 g/mol. The van der Waals surface area contributed by atoms with Crippen molar-refractivity contribution < 1.29 is 9.90 Å². The SMILES string of the molecule is C=C(c1cnc[nH]1)c1cccc(C)c1C.Cc1cccc(C(=O)c2cnc[nH]2)c1C.Cc1cccc(C(C)(O)c2cnc[nH]2)c1C.Cc1cccc(C)c1C.Cc1cccc([C@H](C)c2cnc[nH]2)c1C.N#Cc1cnc[nH]1. The van der Waals surface area contributed by atoms with Crippen LogP contribution >= 0.6 is 0 Å². The Bertz CT molecular complexity index is 3340. The van der Waals surface area contributed by atoms with E-state index in [1.807, 2.05) is 76.4 Å². The van der Waals surface area contributed by atoms with Gasteiger partial charge in [-0.15, -0.1) is 0 Å². The summed E-state index contributed by atoms with van der Waals surface area (Å²) in [5.41, 5.74) is 22.0. The quantitative estimate of drug-likeness (QED) is 0.0806. The van der Waals surface area contributed by atoms with Crippen LogP contribution in [0.5, 0.6) is 0 Å². The summed E-state index contributed by atoms with van der Waals surface area (Å²) in [6.45, 7) is 31.1. The zero-order valence-electron chi connectivity index (χ0n) is 46.8. The molecule has 0 spiro atoms. The minimum Gasteiger partial charge on any atom is -0.379 e. The number of hydrogen-bond donors (Lipinski definition) is 6. The van der Waals surface area contributed by atoms with E-state index in [9.17, 15) is 9.90 Å². The number of imidazole rings is 5. The van der Waals surface area contributed by atoms with Gasteiger partial charge in [-0.3, -0.25) is 4.79 Å². The van der Waals surface area contributed by atoms with Crippen LogP contribution in [0.1, 0.15) is 136 Å². The largest absolute Gasteiger partial charge is 0.379 e. The third kappa shape index (κ3) is 15.8. The van der Waals surface area contributed by atoms with Crippen molar-refractivity contribution in [2.45, 2.75) is 102 Å². The number of aryl methyl sites for hydroxylation is 6. The molecule has 0 radical (unpaired) electrons. The third-order valence-electron chi connectivity index (χ3n) is 14.1. The molecule has 5 heterocycles. The number of rotatable bonds is 8. The first-order chi connectivity index (χ1) is 36.8. The van der Waals surface area contributed by atoms with Crippen molar-refractivity contribution >= 4 is 11.4 Å². The van der Waals surface area contributed by atoms with Gasteiger partial charge in [0, 0.05) is 23.4 Å². The first-order valence-corrected chi connectivity index (χ1v) is 25.3. The fourth-order valence-electron chi connectivity index (χ4n) is 8.24. The first kappa shape index (κ1) is 58.9. The molecule has 2 atom stereocenters. The summed E-state index contributed by atoms with van der Waals surface area (Å²) < 4.78 is 0. The summed E-state index contributed by atoms with van der Waals surface area (Å²) in [4.78, 5) is 46.1. The topological polar surface area (TPSA) is 204 Å². The molecule has 13 nitrogen and oxygen atoms in total. The van der Waals surface area contributed by atoms with Crippen LogP contribution < -0.4 is 0 Å². The van der Waals surface area contributed by atoms with Crippen molar-refractivity contribution in [1.82, 2.24) is 49.8 Å². The highest BCUT2D eigenvalue weighted by molar-refractivity contribution is 6.08. The maximum absolute atomic E-state index is 12.0.